The van der Waals surface area contributed by atoms with Crippen molar-refractivity contribution < 1.29 is 4.79 Å². The van der Waals surface area contributed by atoms with Crippen LogP contribution in [0.1, 0.15) is 40.0 Å². The Morgan fingerprint density at radius 3 is 3.00 bits per heavy atom. The van der Waals surface area contributed by atoms with E-state index < -0.39 is 0 Å². The smallest absolute Gasteiger partial charge is 0.269 e. The Labute approximate surface area is 147 Å². The zero-order valence-electron chi connectivity index (χ0n) is 13.5. The summed E-state index contributed by atoms with van der Waals surface area (Å²) >= 11 is 2.77. The van der Waals surface area contributed by atoms with Crippen LogP contribution in [-0.2, 0) is 12.8 Å². The molecule has 4 rings (SSSR count). The molecule has 3 aromatic heterocycles. The molecule has 0 saturated carbocycles. The SMILES string of the molecule is Cc1csc(NC(=O)c2sc3nc4c(cc3c2N)C[C@H](C)CC4)n1. The average molecular weight is 358 g/mol. The maximum Gasteiger partial charge on any atom is 0.269 e. The second-order valence-electron chi connectivity index (χ2n) is 6.39. The van der Waals surface area contributed by atoms with E-state index in [-0.39, 0.29) is 5.91 Å². The Kier molecular flexibility index (Phi) is 3.77. The van der Waals surface area contributed by atoms with Gasteiger partial charge in [-0.1, -0.05) is 6.92 Å². The average Bonchev–Trinajstić information content (AvgIpc) is 3.09. The molecular formula is C17H18N4OS2. The molecule has 0 fully saturated rings. The lowest BCUT2D eigenvalue weighted by Gasteiger charge is -2.20. The third kappa shape index (κ3) is 2.67. The standard InChI is InChI=1S/C17H18N4OS2/c1-8-3-4-12-10(5-8)6-11-13(18)14(24-16(11)20-12)15(22)21-17-19-9(2)7-23-17/h6-8H,3-5,18H2,1-2H3,(H,19,21,22)/t8-/m1/s1. The lowest BCUT2D eigenvalue weighted by atomic mass is 9.87. The van der Waals surface area contributed by atoms with E-state index in [1.165, 1.54) is 34.7 Å². The first-order valence-corrected chi connectivity index (χ1v) is 9.65. The summed E-state index contributed by atoms with van der Waals surface area (Å²) in [4.78, 5) is 22.9. The molecule has 0 aromatic carbocycles. The van der Waals surface area contributed by atoms with Crippen LogP contribution in [0.15, 0.2) is 11.4 Å². The largest absolute Gasteiger partial charge is 0.397 e. The number of carbonyl (C=O) groups excluding carboxylic acids is 1. The first kappa shape index (κ1) is 15.5. The fraction of sp³-hybridized carbons (Fsp3) is 0.353. The number of anilines is 2. The molecular weight excluding hydrogens is 340 g/mol. The van der Waals surface area contributed by atoms with E-state index in [0.717, 1.165) is 34.4 Å². The summed E-state index contributed by atoms with van der Waals surface area (Å²) in [6, 6.07) is 2.13. The monoisotopic (exact) mass is 358 g/mol. The van der Waals surface area contributed by atoms with E-state index in [2.05, 4.69) is 23.3 Å². The molecule has 5 nitrogen and oxygen atoms in total. The van der Waals surface area contributed by atoms with Crippen LogP contribution < -0.4 is 11.1 Å². The number of nitrogen functional groups attached to an aromatic ring is 1. The number of amides is 1. The zero-order valence-corrected chi connectivity index (χ0v) is 15.2. The molecule has 1 aliphatic carbocycles. The van der Waals surface area contributed by atoms with Crippen LogP contribution in [0, 0.1) is 12.8 Å². The minimum absolute atomic E-state index is 0.212. The van der Waals surface area contributed by atoms with Gasteiger partial charge in [0.05, 0.1) is 11.4 Å². The van der Waals surface area contributed by atoms with Gasteiger partial charge in [-0.3, -0.25) is 10.1 Å². The number of aryl methyl sites for hydroxylation is 2. The number of aromatic nitrogens is 2. The highest BCUT2D eigenvalue weighted by atomic mass is 32.1. The van der Waals surface area contributed by atoms with Gasteiger partial charge in [0.25, 0.3) is 5.91 Å². The van der Waals surface area contributed by atoms with Gasteiger partial charge in [-0.15, -0.1) is 22.7 Å². The van der Waals surface area contributed by atoms with Crippen molar-refractivity contribution in [3.05, 3.63) is 33.3 Å². The summed E-state index contributed by atoms with van der Waals surface area (Å²) in [6.07, 6.45) is 3.21. The predicted molar refractivity (Wildman–Crippen MR) is 100 cm³/mol. The summed E-state index contributed by atoms with van der Waals surface area (Å²) in [5.74, 6) is 0.462. The van der Waals surface area contributed by atoms with E-state index in [4.69, 9.17) is 10.7 Å². The number of carbonyl (C=O) groups is 1. The minimum atomic E-state index is -0.212. The molecule has 3 aromatic rings. The van der Waals surface area contributed by atoms with Gasteiger partial charge in [-0.25, -0.2) is 9.97 Å². The molecule has 1 atom stereocenters. The summed E-state index contributed by atoms with van der Waals surface area (Å²) in [7, 11) is 0. The zero-order chi connectivity index (χ0) is 16.8. The number of nitrogens with two attached hydrogens (primary N) is 1. The van der Waals surface area contributed by atoms with Crippen molar-refractivity contribution in [1.82, 2.24) is 9.97 Å². The van der Waals surface area contributed by atoms with Gasteiger partial charge in [0, 0.05) is 16.5 Å². The third-order valence-electron chi connectivity index (χ3n) is 4.38. The van der Waals surface area contributed by atoms with Gasteiger partial charge in [-0.05, 0) is 43.7 Å². The number of fused-ring (bicyclic) bond motifs is 2. The Balaban J connectivity index is 1.71. The summed E-state index contributed by atoms with van der Waals surface area (Å²) in [5.41, 5.74) is 10.1. The quantitative estimate of drug-likeness (QED) is 0.725. The topological polar surface area (TPSA) is 80.9 Å². The van der Waals surface area contributed by atoms with Gasteiger partial charge in [-0.2, -0.15) is 0 Å². The second-order valence-corrected chi connectivity index (χ2v) is 8.25. The highest BCUT2D eigenvalue weighted by Crippen LogP contribution is 2.36. The molecule has 0 unspecified atom stereocenters. The number of rotatable bonds is 2. The number of thiophene rings is 1. The summed E-state index contributed by atoms with van der Waals surface area (Å²) in [5, 5.41) is 6.22. The Morgan fingerprint density at radius 1 is 1.42 bits per heavy atom. The first-order valence-electron chi connectivity index (χ1n) is 7.95. The third-order valence-corrected chi connectivity index (χ3v) is 6.37. The molecule has 7 heteroatoms. The van der Waals surface area contributed by atoms with Crippen LogP contribution in [0.3, 0.4) is 0 Å². The number of hydrogen-bond donors (Lipinski definition) is 2. The van der Waals surface area contributed by atoms with Crippen molar-refractivity contribution in [3.63, 3.8) is 0 Å². The summed E-state index contributed by atoms with van der Waals surface area (Å²) in [6.45, 7) is 4.16. The van der Waals surface area contributed by atoms with Crippen LogP contribution in [0.5, 0.6) is 0 Å². The van der Waals surface area contributed by atoms with Gasteiger partial charge in [0.1, 0.15) is 9.71 Å². The maximum absolute atomic E-state index is 12.5. The first-order chi connectivity index (χ1) is 11.5. The molecule has 0 spiro atoms. The molecule has 1 aliphatic rings. The number of nitrogens with one attached hydrogen (secondary N) is 1. The van der Waals surface area contributed by atoms with Crippen molar-refractivity contribution in [2.75, 3.05) is 11.1 Å². The predicted octanol–water partition coefficient (Wildman–Crippen LogP) is 4.02. The Hall–Kier alpha value is -1.99. The van der Waals surface area contributed by atoms with E-state index in [1.807, 2.05) is 12.3 Å². The van der Waals surface area contributed by atoms with Crippen molar-refractivity contribution in [3.8, 4) is 0 Å². The molecule has 1 amide bonds. The van der Waals surface area contributed by atoms with Crippen molar-refractivity contribution in [2.45, 2.75) is 33.1 Å². The lowest BCUT2D eigenvalue weighted by Crippen LogP contribution is -2.12. The summed E-state index contributed by atoms with van der Waals surface area (Å²) < 4.78 is 0. The van der Waals surface area contributed by atoms with Crippen molar-refractivity contribution >= 4 is 49.6 Å². The normalized spacial score (nSPS) is 17.0. The van der Waals surface area contributed by atoms with Crippen LogP contribution in [-0.4, -0.2) is 15.9 Å². The van der Waals surface area contributed by atoms with Gasteiger partial charge >= 0.3 is 0 Å². The van der Waals surface area contributed by atoms with Crippen LogP contribution in [0.25, 0.3) is 10.2 Å². The molecule has 0 radical (unpaired) electrons. The molecule has 0 bridgehead atoms. The van der Waals surface area contributed by atoms with E-state index >= 15 is 0 Å². The molecule has 3 heterocycles. The molecule has 0 saturated heterocycles. The number of hydrogen-bond acceptors (Lipinski definition) is 6. The molecule has 24 heavy (non-hydrogen) atoms. The van der Waals surface area contributed by atoms with E-state index in [0.29, 0.717) is 21.6 Å². The van der Waals surface area contributed by atoms with Gasteiger partial charge in [0.15, 0.2) is 5.13 Å². The number of thiazole rings is 1. The van der Waals surface area contributed by atoms with Gasteiger partial charge in [0.2, 0.25) is 0 Å². The van der Waals surface area contributed by atoms with Crippen LogP contribution >= 0.6 is 22.7 Å². The lowest BCUT2D eigenvalue weighted by molar-refractivity contribution is 0.103. The second kappa shape index (κ2) is 5.82. The fourth-order valence-corrected chi connectivity index (χ4v) is 4.78. The van der Waals surface area contributed by atoms with Crippen LogP contribution in [0.2, 0.25) is 0 Å². The molecule has 0 aliphatic heterocycles. The number of nitrogens with zero attached hydrogens (tertiary/aromatic N) is 2. The highest BCUT2D eigenvalue weighted by Gasteiger charge is 2.22. The molecule has 3 N–H and O–H groups in total. The fourth-order valence-electron chi connectivity index (χ4n) is 3.11. The van der Waals surface area contributed by atoms with Crippen molar-refractivity contribution in [1.29, 1.82) is 0 Å². The Morgan fingerprint density at radius 2 is 2.25 bits per heavy atom. The van der Waals surface area contributed by atoms with E-state index in [1.54, 1.807) is 0 Å². The van der Waals surface area contributed by atoms with Crippen LogP contribution in [0.4, 0.5) is 10.8 Å². The van der Waals surface area contributed by atoms with Gasteiger partial charge < -0.3 is 5.73 Å². The molecule has 124 valence electrons. The maximum atomic E-state index is 12.5. The highest BCUT2D eigenvalue weighted by molar-refractivity contribution is 7.21. The Bertz CT molecular complexity index is 944. The minimum Gasteiger partial charge on any atom is -0.397 e. The number of pyridine rings is 1. The van der Waals surface area contributed by atoms with E-state index in [9.17, 15) is 4.79 Å². The van der Waals surface area contributed by atoms with Crippen molar-refractivity contribution in [2.24, 2.45) is 5.92 Å².